The molecule has 0 atom stereocenters. The van der Waals surface area contributed by atoms with E-state index in [0.29, 0.717) is 22.8 Å². The molecule has 25 heavy (non-hydrogen) atoms. The van der Waals surface area contributed by atoms with Crippen molar-refractivity contribution in [3.8, 4) is 11.5 Å². The van der Waals surface area contributed by atoms with Gasteiger partial charge in [0.15, 0.2) is 11.5 Å². The van der Waals surface area contributed by atoms with Gasteiger partial charge in [-0.2, -0.15) is 0 Å². The number of nitrogens with one attached hydrogen (secondary N) is 1. The van der Waals surface area contributed by atoms with Crippen LogP contribution in [0.15, 0.2) is 51.6 Å². The molecule has 2 heterocycles. The first-order chi connectivity index (χ1) is 12.0. The van der Waals surface area contributed by atoms with Gasteiger partial charge in [-0.15, -0.1) is 0 Å². The predicted molar refractivity (Wildman–Crippen MR) is 91.6 cm³/mol. The largest absolute Gasteiger partial charge is 0.461 e. The van der Waals surface area contributed by atoms with Gasteiger partial charge < -0.3 is 19.2 Å². The summed E-state index contributed by atoms with van der Waals surface area (Å²) in [6, 6.07) is 9.52. The number of aromatic nitrogens is 1. The van der Waals surface area contributed by atoms with E-state index in [-0.39, 0.29) is 16.6 Å². The third-order valence-electron chi connectivity index (χ3n) is 3.37. The first kappa shape index (κ1) is 16.8. The summed E-state index contributed by atoms with van der Waals surface area (Å²) in [5.41, 5.74) is 0.884. The van der Waals surface area contributed by atoms with Gasteiger partial charge in [-0.3, -0.25) is 9.59 Å². The first-order valence-corrected chi connectivity index (χ1v) is 7.66. The molecule has 0 spiro atoms. The van der Waals surface area contributed by atoms with E-state index in [4.69, 9.17) is 20.5 Å². The van der Waals surface area contributed by atoms with Crippen molar-refractivity contribution in [2.75, 3.05) is 19.4 Å². The quantitative estimate of drug-likeness (QED) is 0.769. The Morgan fingerprint density at radius 3 is 2.60 bits per heavy atom. The van der Waals surface area contributed by atoms with Crippen LogP contribution in [0.25, 0.3) is 11.5 Å². The smallest absolute Gasteiger partial charge is 0.277 e. The zero-order chi connectivity index (χ0) is 18.0. The second kappa shape index (κ2) is 6.82. The molecule has 8 heteroatoms. The molecule has 2 aromatic heterocycles. The Labute approximate surface area is 148 Å². The summed E-state index contributed by atoms with van der Waals surface area (Å²) < 4.78 is 10.3. The molecule has 0 aliphatic heterocycles. The zero-order valence-corrected chi connectivity index (χ0v) is 14.2. The van der Waals surface area contributed by atoms with Crippen molar-refractivity contribution >= 4 is 29.1 Å². The molecule has 0 saturated heterocycles. The van der Waals surface area contributed by atoms with Crippen LogP contribution in [0.5, 0.6) is 0 Å². The molecule has 0 unspecified atom stereocenters. The van der Waals surface area contributed by atoms with Crippen LogP contribution in [0.1, 0.15) is 20.8 Å². The summed E-state index contributed by atoms with van der Waals surface area (Å²) in [5.74, 6) is 0.132. The van der Waals surface area contributed by atoms with Crippen molar-refractivity contribution in [2.24, 2.45) is 0 Å². The minimum atomic E-state index is -0.468. The fraction of sp³-hybridized carbons (Fsp3) is 0.118. The Morgan fingerprint density at radius 1 is 1.16 bits per heavy atom. The Kier molecular flexibility index (Phi) is 4.58. The van der Waals surface area contributed by atoms with Crippen LogP contribution in [0.2, 0.25) is 5.02 Å². The van der Waals surface area contributed by atoms with Crippen molar-refractivity contribution in [1.29, 1.82) is 0 Å². The summed E-state index contributed by atoms with van der Waals surface area (Å²) in [6.45, 7) is 0. The lowest BCUT2D eigenvalue weighted by Gasteiger charge is -2.12. The molecule has 0 aliphatic carbocycles. The van der Waals surface area contributed by atoms with E-state index >= 15 is 0 Å². The van der Waals surface area contributed by atoms with Crippen molar-refractivity contribution in [2.45, 2.75) is 0 Å². The van der Waals surface area contributed by atoms with Crippen LogP contribution in [0.3, 0.4) is 0 Å². The molecule has 1 N–H and O–H groups in total. The highest BCUT2D eigenvalue weighted by molar-refractivity contribution is 6.34. The number of carbonyl (C=O) groups excluding carboxylic acids is 2. The minimum absolute atomic E-state index is 0.0935. The fourth-order valence-corrected chi connectivity index (χ4v) is 2.38. The number of amides is 2. The summed E-state index contributed by atoms with van der Waals surface area (Å²) >= 11 is 6.12. The van der Waals surface area contributed by atoms with Crippen molar-refractivity contribution in [1.82, 2.24) is 10.1 Å². The Morgan fingerprint density at radius 2 is 1.96 bits per heavy atom. The number of hydrogen-bond acceptors (Lipinski definition) is 5. The van der Waals surface area contributed by atoms with Crippen molar-refractivity contribution in [3.05, 3.63) is 58.9 Å². The Balaban J connectivity index is 1.75. The molecule has 1 aromatic carbocycles. The van der Waals surface area contributed by atoms with Gasteiger partial charge in [-0.25, -0.2) is 0 Å². The van der Waals surface area contributed by atoms with Crippen LogP contribution in [-0.2, 0) is 0 Å². The number of nitrogens with zero attached hydrogens (tertiary/aromatic N) is 2. The van der Waals surface area contributed by atoms with E-state index in [1.54, 1.807) is 38.4 Å². The van der Waals surface area contributed by atoms with Crippen LogP contribution in [-0.4, -0.2) is 36.0 Å². The highest BCUT2D eigenvalue weighted by atomic mass is 35.5. The molecule has 128 valence electrons. The standard InChI is InChI=1S/C17H14ClN3O4/c1-21(2)17(23)11-6-5-10(8-12(11)18)19-16(22)13-9-15(25-20-13)14-4-3-7-24-14/h3-9H,1-2H3,(H,19,22). The molecule has 0 fully saturated rings. The lowest BCUT2D eigenvalue weighted by atomic mass is 10.2. The van der Waals surface area contributed by atoms with E-state index < -0.39 is 5.91 Å². The molecule has 2 amide bonds. The van der Waals surface area contributed by atoms with Gasteiger partial charge in [-0.05, 0) is 30.3 Å². The van der Waals surface area contributed by atoms with Crippen LogP contribution < -0.4 is 5.32 Å². The second-order valence-electron chi connectivity index (χ2n) is 5.40. The molecular formula is C17H14ClN3O4. The Hall–Kier alpha value is -3.06. The van der Waals surface area contributed by atoms with Crippen LogP contribution >= 0.6 is 11.6 Å². The van der Waals surface area contributed by atoms with Gasteiger partial charge in [0.2, 0.25) is 5.76 Å². The number of halogens is 1. The van der Waals surface area contributed by atoms with E-state index in [2.05, 4.69) is 10.5 Å². The van der Waals surface area contributed by atoms with Crippen LogP contribution in [0.4, 0.5) is 5.69 Å². The second-order valence-corrected chi connectivity index (χ2v) is 5.81. The molecule has 3 rings (SSSR count). The van der Waals surface area contributed by atoms with E-state index in [1.807, 2.05) is 0 Å². The number of hydrogen-bond donors (Lipinski definition) is 1. The normalized spacial score (nSPS) is 10.5. The number of rotatable bonds is 4. The van der Waals surface area contributed by atoms with E-state index in [9.17, 15) is 9.59 Å². The molecule has 7 nitrogen and oxygen atoms in total. The van der Waals surface area contributed by atoms with Gasteiger partial charge in [0.05, 0.1) is 16.8 Å². The third kappa shape index (κ3) is 3.56. The molecule has 0 saturated carbocycles. The average molecular weight is 360 g/mol. The van der Waals surface area contributed by atoms with Gasteiger partial charge in [0, 0.05) is 25.8 Å². The van der Waals surface area contributed by atoms with Gasteiger partial charge in [0.1, 0.15) is 0 Å². The maximum atomic E-state index is 12.3. The average Bonchev–Trinajstić information content (AvgIpc) is 3.25. The molecular weight excluding hydrogens is 346 g/mol. The number of carbonyl (C=O) groups is 2. The SMILES string of the molecule is CN(C)C(=O)c1ccc(NC(=O)c2cc(-c3ccco3)on2)cc1Cl. The van der Waals surface area contributed by atoms with Gasteiger partial charge in [0.25, 0.3) is 11.8 Å². The highest BCUT2D eigenvalue weighted by Crippen LogP contribution is 2.24. The number of furan rings is 1. The van der Waals surface area contributed by atoms with Crippen molar-refractivity contribution in [3.63, 3.8) is 0 Å². The maximum absolute atomic E-state index is 12.3. The predicted octanol–water partition coefficient (Wildman–Crippen LogP) is 3.54. The number of benzene rings is 1. The monoisotopic (exact) mass is 359 g/mol. The summed E-state index contributed by atoms with van der Waals surface area (Å²) in [4.78, 5) is 25.6. The van der Waals surface area contributed by atoms with E-state index in [0.717, 1.165) is 0 Å². The van der Waals surface area contributed by atoms with E-state index in [1.165, 1.54) is 23.3 Å². The van der Waals surface area contributed by atoms with Crippen molar-refractivity contribution < 1.29 is 18.5 Å². The lowest BCUT2D eigenvalue weighted by molar-refractivity contribution is 0.0827. The molecule has 0 aliphatic rings. The van der Waals surface area contributed by atoms with Gasteiger partial charge >= 0.3 is 0 Å². The Bertz CT molecular complexity index is 916. The maximum Gasteiger partial charge on any atom is 0.277 e. The minimum Gasteiger partial charge on any atom is -0.461 e. The topological polar surface area (TPSA) is 88.6 Å². The fourth-order valence-electron chi connectivity index (χ4n) is 2.12. The van der Waals surface area contributed by atoms with Gasteiger partial charge in [-0.1, -0.05) is 16.8 Å². The zero-order valence-electron chi connectivity index (χ0n) is 13.4. The molecule has 0 bridgehead atoms. The molecule has 0 radical (unpaired) electrons. The first-order valence-electron chi connectivity index (χ1n) is 7.29. The summed E-state index contributed by atoms with van der Waals surface area (Å²) in [5, 5.41) is 6.61. The van der Waals surface area contributed by atoms with Crippen LogP contribution in [0, 0.1) is 0 Å². The number of anilines is 1. The highest BCUT2D eigenvalue weighted by Gasteiger charge is 2.17. The lowest BCUT2D eigenvalue weighted by Crippen LogP contribution is -2.22. The molecule has 3 aromatic rings. The summed E-state index contributed by atoms with van der Waals surface area (Å²) in [6.07, 6.45) is 1.50. The third-order valence-corrected chi connectivity index (χ3v) is 3.68. The summed E-state index contributed by atoms with van der Waals surface area (Å²) in [7, 11) is 3.27.